The van der Waals surface area contributed by atoms with Gasteiger partial charge in [-0.1, -0.05) is 84.0 Å². The first kappa shape index (κ1) is 30.5. The molecule has 0 heterocycles. The topological polar surface area (TPSA) is 127 Å². The summed E-state index contributed by atoms with van der Waals surface area (Å²) in [5.41, 5.74) is 0. The van der Waals surface area contributed by atoms with Crippen LogP contribution in [0.1, 0.15) is 96.8 Å². The van der Waals surface area contributed by atoms with Crippen molar-refractivity contribution in [2.75, 3.05) is 26.4 Å². The van der Waals surface area contributed by atoms with Gasteiger partial charge >= 0.3 is 5.97 Å². The van der Waals surface area contributed by atoms with Crippen molar-refractivity contribution in [3.8, 4) is 0 Å². The summed E-state index contributed by atoms with van der Waals surface area (Å²) in [6.45, 7) is 1.05. The second-order valence-corrected chi connectivity index (χ2v) is 7.53. The van der Waals surface area contributed by atoms with E-state index in [-0.39, 0.29) is 32.4 Å². The summed E-state index contributed by atoms with van der Waals surface area (Å²) in [4.78, 5) is 11.3. The number of aliphatic hydroxyl groups is 5. The highest BCUT2D eigenvalue weighted by atomic mass is 16.5. The van der Waals surface area contributed by atoms with Crippen molar-refractivity contribution in [2.24, 2.45) is 0 Å². The zero-order valence-corrected chi connectivity index (χ0v) is 18.4. The molecule has 0 aliphatic carbocycles. The number of ether oxygens (including phenoxy) is 1. The lowest BCUT2D eigenvalue weighted by molar-refractivity contribution is -0.147. The van der Waals surface area contributed by atoms with Crippen molar-refractivity contribution >= 4 is 5.97 Å². The fraction of sp³-hybridized carbons (Fsp3) is 0.955. The predicted molar refractivity (Wildman–Crippen MR) is 115 cm³/mol. The molecule has 0 aromatic rings. The minimum absolute atomic E-state index is 0.103. The van der Waals surface area contributed by atoms with Crippen molar-refractivity contribution in [2.45, 2.75) is 109 Å². The number of esters is 1. The average molecular weight is 423 g/mol. The van der Waals surface area contributed by atoms with E-state index < -0.39 is 12.2 Å². The minimum Gasteiger partial charge on any atom is -0.463 e. The Kier molecular flexibility index (Phi) is 26.6. The van der Waals surface area contributed by atoms with E-state index in [1.165, 1.54) is 70.6 Å². The molecule has 7 nitrogen and oxygen atoms in total. The van der Waals surface area contributed by atoms with E-state index in [1.54, 1.807) is 0 Å². The van der Waals surface area contributed by atoms with Crippen LogP contribution in [0.5, 0.6) is 0 Å². The molecule has 0 rings (SSSR count). The molecular weight excluding hydrogens is 376 g/mol. The Morgan fingerprint density at radius 1 is 0.655 bits per heavy atom. The van der Waals surface area contributed by atoms with Crippen molar-refractivity contribution < 1.29 is 35.1 Å². The van der Waals surface area contributed by atoms with E-state index in [0.717, 1.165) is 12.8 Å². The molecule has 0 aliphatic rings. The van der Waals surface area contributed by atoms with Gasteiger partial charge in [-0.2, -0.15) is 0 Å². The van der Waals surface area contributed by atoms with Crippen LogP contribution in [0, 0.1) is 0 Å². The lowest BCUT2D eigenvalue weighted by Gasteiger charge is -2.08. The van der Waals surface area contributed by atoms with Gasteiger partial charge in [0.1, 0.15) is 18.8 Å². The third-order valence-electron chi connectivity index (χ3n) is 4.55. The lowest BCUT2D eigenvalue weighted by atomic mass is 10.0. The highest BCUT2D eigenvalue weighted by Crippen LogP contribution is 2.13. The number of unbranched alkanes of at least 4 members (excludes halogenated alkanes) is 12. The average Bonchev–Trinajstić information content (AvgIpc) is 2.74. The Bertz CT molecular complexity index is 322. The summed E-state index contributed by atoms with van der Waals surface area (Å²) in [6, 6.07) is 0. The SMILES string of the molecule is CCCCCCCCCCCCCCCC(=O)OCC(O)CO.OCC(O)CO. The lowest BCUT2D eigenvalue weighted by Crippen LogP contribution is -2.21. The van der Waals surface area contributed by atoms with Crippen LogP contribution in [0.2, 0.25) is 0 Å². The van der Waals surface area contributed by atoms with E-state index in [1.807, 2.05) is 0 Å². The second-order valence-electron chi connectivity index (χ2n) is 7.53. The van der Waals surface area contributed by atoms with Crippen LogP contribution in [0.25, 0.3) is 0 Å². The van der Waals surface area contributed by atoms with Crippen LogP contribution in [0.3, 0.4) is 0 Å². The maximum atomic E-state index is 11.3. The smallest absolute Gasteiger partial charge is 0.305 e. The van der Waals surface area contributed by atoms with Crippen LogP contribution < -0.4 is 0 Å². The van der Waals surface area contributed by atoms with E-state index in [0.29, 0.717) is 6.42 Å². The third kappa shape index (κ3) is 27.3. The fourth-order valence-corrected chi connectivity index (χ4v) is 2.66. The molecule has 0 amide bonds. The van der Waals surface area contributed by atoms with Crippen molar-refractivity contribution in [3.05, 3.63) is 0 Å². The van der Waals surface area contributed by atoms with Crippen LogP contribution in [0.15, 0.2) is 0 Å². The van der Waals surface area contributed by atoms with Crippen LogP contribution in [-0.4, -0.2) is 70.1 Å². The maximum absolute atomic E-state index is 11.3. The molecule has 0 radical (unpaired) electrons. The van der Waals surface area contributed by atoms with Crippen molar-refractivity contribution in [3.63, 3.8) is 0 Å². The fourth-order valence-electron chi connectivity index (χ4n) is 2.66. The summed E-state index contributed by atoms with van der Waals surface area (Å²) in [7, 11) is 0. The van der Waals surface area contributed by atoms with Gasteiger partial charge in [-0.3, -0.25) is 4.79 Å². The molecule has 0 fully saturated rings. The largest absolute Gasteiger partial charge is 0.463 e. The Morgan fingerprint density at radius 3 is 1.38 bits per heavy atom. The van der Waals surface area contributed by atoms with E-state index in [4.69, 9.17) is 30.3 Å². The highest BCUT2D eigenvalue weighted by Gasteiger charge is 2.07. The summed E-state index contributed by atoms with van der Waals surface area (Å²) in [5, 5.41) is 41.7. The van der Waals surface area contributed by atoms with E-state index >= 15 is 0 Å². The molecular formula is C22H46O7. The van der Waals surface area contributed by atoms with Crippen LogP contribution in [-0.2, 0) is 9.53 Å². The minimum atomic E-state index is -0.954. The molecule has 0 saturated carbocycles. The Hall–Kier alpha value is -0.730. The molecule has 7 heteroatoms. The summed E-state index contributed by atoms with van der Waals surface area (Å²) < 4.78 is 4.85. The number of aliphatic hydroxyl groups excluding tert-OH is 5. The molecule has 1 unspecified atom stereocenters. The molecule has 0 aromatic heterocycles. The molecule has 0 bridgehead atoms. The first-order valence-electron chi connectivity index (χ1n) is 11.4. The normalized spacial score (nSPS) is 11.8. The Balaban J connectivity index is 0. The Morgan fingerprint density at radius 2 is 1.03 bits per heavy atom. The standard InChI is InChI=1S/C19H38O4.C3H8O3/c1-2-3-4-5-6-7-8-9-10-11-12-13-14-15-19(22)23-17-18(21)16-20;4-1-3(6)2-5/h18,20-21H,2-17H2,1H3;3-6H,1-2H2. The maximum Gasteiger partial charge on any atom is 0.305 e. The number of carbonyl (C=O) groups is 1. The molecule has 0 aliphatic heterocycles. The molecule has 0 spiro atoms. The Labute approximate surface area is 177 Å². The van der Waals surface area contributed by atoms with Crippen LogP contribution in [0.4, 0.5) is 0 Å². The van der Waals surface area contributed by atoms with Crippen molar-refractivity contribution in [1.82, 2.24) is 0 Å². The third-order valence-corrected chi connectivity index (χ3v) is 4.55. The number of hydrogen-bond donors (Lipinski definition) is 5. The zero-order chi connectivity index (χ0) is 22.2. The summed E-state index contributed by atoms with van der Waals surface area (Å²) >= 11 is 0. The number of carbonyl (C=O) groups excluding carboxylic acids is 1. The first-order valence-corrected chi connectivity index (χ1v) is 11.4. The zero-order valence-electron chi connectivity index (χ0n) is 18.4. The van der Waals surface area contributed by atoms with Gasteiger partial charge in [0, 0.05) is 6.42 Å². The highest BCUT2D eigenvalue weighted by molar-refractivity contribution is 5.69. The van der Waals surface area contributed by atoms with Crippen LogP contribution >= 0.6 is 0 Å². The predicted octanol–water partition coefficient (Wildman–Crippen LogP) is 2.70. The van der Waals surface area contributed by atoms with Gasteiger partial charge in [0.05, 0.1) is 19.8 Å². The number of hydrogen-bond acceptors (Lipinski definition) is 7. The summed E-state index contributed by atoms with van der Waals surface area (Å²) in [6.07, 6.45) is 15.2. The van der Waals surface area contributed by atoms with Gasteiger partial charge in [-0.15, -0.1) is 0 Å². The second kappa shape index (κ2) is 25.3. The van der Waals surface area contributed by atoms with Crippen molar-refractivity contribution in [1.29, 1.82) is 0 Å². The first-order chi connectivity index (χ1) is 14.0. The molecule has 1 atom stereocenters. The molecule has 0 aromatic carbocycles. The van der Waals surface area contributed by atoms with E-state index in [9.17, 15) is 4.79 Å². The van der Waals surface area contributed by atoms with E-state index in [2.05, 4.69) is 6.92 Å². The molecule has 5 N–H and O–H groups in total. The van der Waals surface area contributed by atoms with Gasteiger partial charge in [-0.25, -0.2) is 0 Å². The molecule has 176 valence electrons. The summed E-state index contributed by atoms with van der Waals surface area (Å²) in [5.74, 6) is -0.277. The molecule has 0 saturated heterocycles. The van der Waals surface area contributed by atoms with Gasteiger partial charge in [0.25, 0.3) is 0 Å². The molecule has 29 heavy (non-hydrogen) atoms. The van der Waals surface area contributed by atoms with Gasteiger partial charge < -0.3 is 30.3 Å². The van der Waals surface area contributed by atoms with Gasteiger partial charge in [-0.05, 0) is 6.42 Å². The number of rotatable bonds is 19. The quantitative estimate of drug-likeness (QED) is 0.160. The van der Waals surface area contributed by atoms with Gasteiger partial charge in [0.2, 0.25) is 0 Å². The monoisotopic (exact) mass is 422 g/mol. The van der Waals surface area contributed by atoms with Gasteiger partial charge in [0.15, 0.2) is 0 Å².